The molecule has 1 aliphatic heterocycles. The number of hydrogen-bond acceptors (Lipinski definition) is 2. The fourth-order valence-corrected chi connectivity index (χ4v) is 3.80. The maximum absolute atomic E-state index is 6.56. The molecule has 17 heavy (non-hydrogen) atoms. The molecule has 3 atom stereocenters. The van der Waals surface area contributed by atoms with Crippen molar-refractivity contribution in [1.82, 2.24) is 4.90 Å². The van der Waals surface area contributed by atoms with Crippen molar-refractivity contribution < 1.29 is 0 Å². The van der Waals surface area contributed by atoms with Crippen molar-refractivity contribution in [3.8, 4) is 0 Å². The lowest BCUT2D eigenvalue weighted by atomic mass is 9.70. The van der Waals surface area contributed by atoms with Crippen LogP contribution >= 0.6 is 0 Å². The van der Waals surface area contributed by atoms with Crippen molar-refractivity contribution >= 4 is 0 Å². The molecule has 2 aliphatic rings. The molecule has 0 amide bonds. The average Bonchev–Trinajstić information content (AvgIpc) is 2.47. The van der Waals surface area contributed by atoms with Crippen LogP contribution in [-0.2, 0) is 0 Å². The van der Waals surface area contributed by atoms with Gasteiger partial charge in [-0.2, -0.15) is 0 Å². The molecule has 100 valence electrons. The Balaban J connectivity index is 2.08. The van der Waals surface area contributed by atoms with Gasteiger partial charge in [0.1, 0.15) is 0 Å². The Hall–Kier alpha value is -0.0800. The summed E-state index contributed by atoms with van der Waals surface area (Å²) in [7, 11) is 0. The minimum absolute atomic E-state index is 0.328. The summed E-state index contributed by atoms with van der Waals surface area (Å²) >= 11 is 0. The highest BCUT2D eigenvalue weighted by atomic mass is 15.2. The Morgan fingerprint density at radius 2 is 1.82 bits per heavy atom. The molecule has 2 nitrogen and oxygen atoms in total. The van der Waals surface area contributed by atoms with Crippen LogP contribution in [0.2, 0.25) is 0 Å². The first-order chi connectivity index (χ1) is 8.02. The van der Waals surface area contributed by atoms with E-state index in [0.717, 1.165) is 6.04 Å². The molecule has 0 radical (unpaired) electrons. The van der Waals surface area contributed by atoms with E-state index in [2.05, 4.69) is 25.7 Å². The normalized spacial score (nSPS) is 39.9. The number of rotatable bonds is 1. The van der Waals surface area contributed by atoms with E-state index >= 15 is 0 Å². The first-order valence-electron chi connectivity index (χ1n) is 7.54. The van der Waals surface area contributed by atoms with E-state index in [9.17, 15) is 0 Å². The third kappa shape index (κ3) is 2.85. The third-order valence-electron chi connectivity index (χ3n) is 5.17. The lowest BCUT2D eigenvalue weighted by Gasteiger charge is -2.48. The Morgan fingerprint density at radius 3 is 2.59 bits per heavy atom. The van der Waals surface area contributed by atoms with Crippen molar-refractivity contribution in [3.63, 3.8) is 0 Å². The van der Waals surface area contributed by atoms with Crippen molar-refractivity contribution in [1.29, 1.82) is 0 Å². The lowest BCUT2D eigenvalue weighted by Crippen LogP contribution is -2.58. The summed E-state index contributed by atoms with van der Waals surface area (Å²) in [5.41, 5.74) is 6.89. The minimum atomic E-state index is 0.328. The van der Waals surface area contributed by atoms with Crippen molar-refractivity contribution in [3.05, 3.63) is 0 Å². The van der Waals surface area contributed by atoms with E-state index < -0.39 is 0 Å². The van der Waals surface area contributed by atoms with Crippen LogP contribution in [0.15, 0.2) is 0 Å². The van der Waals surface area contributed by atoms with E-state index in [-0.39, 0.29) is 0 Å². The zero-order valence-corrected chi connectivity index (χ0v) is 11.9. The van der Waals surface area contributed by atoms with Crippen molar-refractivity contribution in [2.45, 2.75) is 83.8 Å². The molecule has 0 bridgehead atoms. The summed E-state index contributed by atoms with van der Waals surface area (Å²) in [5, 5.41) is 0. The SMILES string of the molecule is CC1CCCCCN1C1CCCC(C)(C)C1N. The van der Waals surface area contributed by atoms with E-state index in [4.69, 9.17) is 5.73 Å². The summed E-state index contributed by atoms with van der Waals surface area (Å²) < 4.78 is 0. The van der Waals surface area contributed by atoms with E-state index in [1.807, 2.05) is 0 Å². The van der Waals surface area contributed by atoms with Crippen LogP contribution in [-0.4, -0.2) is 29.6 Å². The smallest absolute Gasteiger partial charge is 0.0255 e. The second-order valence-corrected chi connectivity index (χ2v) is 6.91. The largest absolute Gasteiger partial charge is 0.326 e. The summed E-state index contributed by atoms with van der Waals surface area (Å²) in [6, 6.07) is 1.73. The van der Waals surface area contributed by atoms with Crippen molar-refractivity contribution in [2.24, 2.45) is 11.1 Å². The second kappa shape index (κ2) is 5.27. The van der Waals surface area contributed by atoms with Crippen LogP contribution in [0.4, 0.5) is 0 Å². The van der Waals surface area contributed by atoms with Crippen LogP contribution in [0.5, 0.6) is 0 Å². The van der Waals surface area contributed by atoms with E-state index in [0.29, 0.717) is 17.5 Å². The second-order valence-electron chi connectivity index (χ2n) is 6.91. The molecule has 2 fully saturated rings. The summed E-state index contributed by atoms with van der Waals surface area (Å²) in [5.74, 6) is 0. The fourth-order valence-electron chi connectivity index (χ4n) is 3.80. The molecule has 1 saturated heterocycles. The third-order valence-corrected chi connectivity index (χ3v) is 5.17. The molecule has 2 N–H and O–H groups in total. The summed E-state index contributed by atoms with van der Waals surface area (Å²) in [4.78, 5) is 2.73. The monoisotopic (exact) mass is 238 g/mol. The lowest BCUT2D eigenvalue weighted by molar-refractivity contribution is 0.0454. The Morgan fingerprint density at radius 1 is 1.06 bits per heavy atom. The van der Waals surface area contributed by atoms with Gasteiger partial charge >= 0.3 is 0 Å². The molecular formula is C15H30N2. The van der Waals surface area contributed by atoms with Gasteiger partial charge in [0.05, 0.1) is 0 Å². The highest BCUT2D eigenvalue weighted by Crippen LogP contribution is 2.38. The van der Waals surface area contributed by atoms with Crippen LogP contribution in [0.3, 0.4) is 0 Å². The van der Waals surface area contributed by atoms with Crippen LogP contribution < -0.4 is 5.73 Å². The van der Waals surface area contributed by atoms with Crippen LogP contribution in [0, 0.1) is 5.41 Å². The van der Waals surface area contributed by atoms with Gasteiger partial charge in [-0.1, -0.05) is 33.1 Å². The predicted octanol–water partition coefficient (Wildman–Crippen LogP) is 3.16. The average molecular weight is 238 g/mol. The van der Waals surface area contributed by atoms with Crippen LogP contribution in [0.1, 0.15) is 65.7 Å². The molecule has 0 spiro atoms. The van der Waals surface area contributed by atoms with Gasteiger partial charge in [-0.15, -0.1) is 0 Å². The van der Waals surface area contributed by atoms with Gasteiger partial charge in [0.15, 0.2) is 0 Å². The zero-order chi connectivity index (χ0) is 12.5. The summed E-state index contributed by atoms with van der Waals surface area (Å²) in [6.07, 6.45) is 9.52. The molecule has 0 aromatic rings. The number of nitrogens with zero attached hydrogens (tertiary/aromatic N) is 1. The number of likely N-dealkylation sites (tertiary alicyclic amines) is 1. The minimum Gasteiger partial charge on any atom is -0.326 e. The molecule has 1 heterocycles. The maximum Gasteiger partial charge on any atom is 0.0255 e. The van der Waals surface area contributed by atoms with Gasteiger partial charge in [0.2, 0.25) is 0 Å². The number of hydrogen-bond donors (Lipinski definition) is 1. The van der Waals surface area contributed by atoms with E-state index in [1.54, 1.807) is 0 Å². The van der Waals surface area contributed by atoms with Crippen LogP contribution in [0.25, 0.3) is 0 Å². The van der Waals surface area contributed by atoms with Gasteiger partial charge in [0.25, 0.3) is 0 Å². The first kappa shape index (κ1) is 13.4. The molecule has 2 heteroatoms. The maximum atomic E-state index is 6.56. The van der Waals surface area contributed by atoms with E-state index in [1.165, 1.54) is 51.5 Å². The quantitative estimate of drug-likeness (QED) is 0.760. The Labute approximate surface area is 107 Å². The molecule has 0 aromatic carbocycles. The van der Waals surface area contributed by atoms with Gasteiger partial charge < -0.3 is 5.73 Å². The predicted molar refractivity (Wildman–Crippen MR) is 74.0 cm³/mol. The Kier molecular flexibility index (Phi) is 4.14. The molecule has 0 aromatic heterocycles. The highest BCUT2D eigenvalue weighted by Gasteiger charge is 2.40. The standard InChI is InChI=1S/C15H30N2/c1-12-8-5-4-6-11-17(12)13-9-7-10-15(2,3)14(13)16/h12-14H,4-11,16H2,1-3H3. The zero-order valence-electron chi connectivity index (χ0n) is 11.9. The van der Waals surface area contributed by atoms with Gasteiger partial charge in [-0.3, -0.25) is 4.90 Å². The fraction of sp³-hybridized carbons (Fsp3) is 1.00. The molecule has 1 aliphatic carbocycles. The molecule has 2 rings (SSSR count). The highest BCUT2D eigenvalue weighted by molar-refractivity contribution is 4.97. The molecular weight excluding hydrogens is 208 g/mol. The van der Waals surface area contributed by atoms with Gasteiger partial charge in [-0.05, 0) is 44.6 Å². The summed E-state index contributed by atoms with van der Waals surface area (Å²) in [6.45, 7) is 8.38. The topological polar surface area (TPSA) is 29.3 Å². The Bertz CT molecular complexity index is 249. The van der Waals surface area contributed by atoms with Gasteiger partial charge in [0, 0.05) is 18.1 Å². The first-order valence-corrected chi connectivity index (χ1v) is 7.54. The molecule has 1 saturated carbocycles. The van der Waals surface area contributed by atoms with Gasteiger partial charge in [-0.25, -0.2) is 0 Å². The number of nitrogens with two attached hydrogens (primary N) is 1. The van der Waals surface area contributed by atoms with Crippen molar-refractivity contribution in [2.75, 3.05) is 6.54 Å². The molecule has 3 unspecified atom stereocenters.